The van der Waals surface area contributed by atoms with Gasteiger partial charge in [-0.1, -0.05) is 29.8 Å². The molecule has 0 spiro atoms. The fourth-order valence-corrected chi connectivity index (χ4v) is 5.49. The summed E-state index contributed by atoms with van der Waals surface area (Å²) in [4.78, 5) is 24.9. The Morgan fingerprint density at radius 1 is 1.19 bits per heavy atom. The average molecular weight is 458 g/mol. The van der Waals surface area contributed by atoms with Crippen LogP contribution in [0.15, 0.2) is 42.5 Å². The highest BCUT2D eigenvalue weighted by molar-refractivity contribution is 6.30. The van der Waals surface area contributed by atoms with E-state index >= 15 is 0 Å². The molecule has 2 bridgehead atoms. The van der Waals surface area contributed by atoms with Crippen LogP contribution in [-0.4, -0.2) is 37.0 Å². The van der Waals surface area contributed by atoms with Crippen LogP contribution in [0.3, 0.4) is 0 Å². The second-order valence-corrected chi connectivity index (χ2v) is 9.62. The van der Waals surface area contributed by atoms with Crippen molar-refractivity contribution in [2.75, 3.05) is 25.0 Å². The molecule has 0 saturated heterocycles. The summed E-state index contributed by atoms with van der Waals surface area (Å²) in [5, 5.41) is 9.49. The van der Waals surface area contributed by atoms with Crippen molar-refractivity contribution in [3.63, 3.8) is 0 Å². The minimum atomic E-state index is -0.592. The number of ether oxygens (including phenoxy) is 1. The first-order valence-corrected chi connectivity index (χ1v) is 11.3. The summed E-state index contributed by atoms with van der Waals surface area (Å²) in [6.45, 7) is 1.34. The second-order valence-electron chi connectivity index (χ2n) is 9.21. The predicted octanol–water partition coefficient (Wildman–Crippen LogP) is 3.61. The highest BCUT2D eigenvalue weighted by atomic mass is 35.5. The van der Waals surface area contributed by atoms with Crippen LogP contribution >= 0.6 is 11.6 Å². The number of hydrogen-bond acceptors (Lipinski definition) is 4. The first kappa shape index (κ1) is 21.1. The zero-order chi connectivity index (χ0) is 22.3. The van der Waals surface area contributed by atoms with E-state index in [0.717, 1.165) is 19.0 Å². The maximum Gasteiger partial charge on any atom is 0.258 e. The quantitative estimate of drug-likeness (QED) is 0.565. The molecule has 6 rings (SSSR count). The van der Waals surface area contributed by atoms with Gasteiger partial charge >= 0.3 is 0 Å². The molecule has 0 aromatic heterocycles. The Hall–Kier alpha value is -2.80. The van der Waals surface area contributed by atoms with Crippen LogP contribution < -0.4 is 20.7 Å². The zero-order valence-corrected chi connectivity index (χ0v) is 18.3. The van der Waals surface area contributed by atoms with Crippen molar-refractivity contribution in [1.29, 1.82) is 0 Å². The maximum absolute atomic E-state index is 13.5. The molecule has 3 saturated carbocycles. The highest BCUT2D eigenvalue weighted by Gasteiger charge is 2.72. The summed E-state index contributed by atoms with van der Waals surface area (Å²) < 4.78 is 18.8. The van der Waals surface area contributed by atoms with E-state index in [1.807, 2.05) is 12.1 Å². The number of fused-ring (bicyclic) bond motifs is 1. The molecule has 2 amide bonds. The van der Waals surface area contributed by atoms with E-state index in [1.165, 1.54) is 23.4 Å². The third kappa shape index (κ3) is 3.79. The Labute approximate surface area is 190 Å². The maximum atomic E-state index is 13.5. The van der Waals surface area contributed by atoms with E-state index in [2.05, 4.69) is 28.1 Å². The van der Waals surface area contributed by atoms with Crippen LogP contribution in [0.5, 0.6) is 5.75 Å². The topological polar surface area (TPSA) is 79.5 Å². The van der Waals surface area contributed by atoms with Crippen molar-refractivity contribution < 1.29 is 18.7 Å². The van der Waals surface area contributed by atoms with E-state index < -0.39 is 5.82 Å². The standard InChI is InChI=1S/C24H25ClFN3O3/c25-18-6-5-16(9-19(18)26)32-11-21(30)29-24-12-23(13-24,14-24)22(31)27-8-7-15-10-28-20-4-2-1-3-17(15)20/h1-6,9,15,28H,7-8,10-14H2,(H,27,31)(H,29,30). The van der Waals surface area contributed by atoms with Gasteiger partial charge in [-0.25, -0.2) is 4.39 Å². The number of rotatable bonds is 8. The lowest BCUT2D eigenvalue weighted by Gasteiger charge is -2.69. The van der Waals surface area contributed by atoms with Gasteiger partial charge in [-0.2, -0.15) is 0 Å². The van der Waals surface area contributed by atoms with Crippen molar-refractivity contribution >= 4 is 29.1 Å². The molecule has 1 atom stereocenters. The van der Waals surface area contributed by atoms with Gasteiger partial charge in [-0.15, -0.1) is 0 Å². The Morgan fingerprint density at radius 3 is 2.75 bits per heavy atom. The van der Waals surface area contributed by atoms with Crippen LogP contribution in [0.1, 0.15) is 37.2 Å². The summed E-state index contributed by atoms with van der Waals surface area (Å²) >= 11 is 5.64. The van der Waals surface area contributed by atoms with Crippen molar-refractivity contribution in [3.8, 4) is 5.75 Å². The minimum absolute atomic E-state index is 0.00367. The number of hydrogen-bond donors (Lipinski definition) is 3. The smallest absolute Gasteiger partial charge is 0.258 e. The number of benzene rings is 2. The van der Waals surface area contributed by atoms with E-state index in [4.69, 9.17) is 16.3 Å². The fourth-order valence-electron chi connectivity index (χ4n) is 5.37. The third-order valence-corrected chi connectivity index (χ3v) is 7.20. The molecule has 0 radical (unpaired) electrons. The van der Waals surface area contributed by atoms with Gasteiger partial charge in [-0.05, 0) is 49.4 Å². The van der Waals surface area contributed by atoms with Crippen LogP contribution in [-0.2, 0) is 9.59 Å². The van der Waals surface area contributed by atoms with Crippen molar-refractivity contribution in [1.82, 2.24) is 10.6 Å². The number of para-hydroxylation sites is 1. The van der Waals surface area contributed by atoms with E-state index in [1.54, 1.807) is 0 Å². The molecule has 1 unspecified atom stereocenters. The Balaban J connectivity index is 1.03. The van der Waals surface area contributed by atoms with E-state index in [-0.39, 0.29) is 40.1 Å². The van der Waals surface area contributed by atoms with Crippen LogP contribution in [0.25, 0.3) is 0 Å². The molecular weight excluding hydrogens is 433 g/mol. The van der Waals surface area contributed by atoms with Crippen LogP contribution in [0, 0.1) is 11.2 Å². The van der Waals surface area contributed by atoms with Crippen molar-refractivity contribution in [3.05, 3.63) is 58.9 Å². The number of halogens is 2. The predicted molar refractivity (Wildman–Crippen MR) is 119 cm³/mol. The summed E-state index contributed by atoms with van der Waals surface area (Å²) in [6.07, 6.45) is 2.86. The Morgan fingerprint density at radius 2 is 1.97 bits per heavy atom. The van der Waals surface area contributed by atoms with Gasteiger partial charge in [0.15, 0.2) is 6.61 Å². The van der Waals surface area contributed by atoms with Gasteiger partial charge in [0.2, 0.25) is 5.91 Å². The lowest BCUT2D eigenvalue weighted by atomic mass is 9.39. The molecule has 6 nitrogen and oxygen atoms in total. The SMILES string of the molecule is O=C(COc1ccc(Cl)c(F)c1)NC12CC(C(=O)NCCC3CNc4ccccc43)(C1)C2. The summed E-state index contributed by atoms with van der Waals surface area (Å²) in [5.74, 6) is -0.123. The molecule has 3 fully saturated rings. The highest BCUT2D eigenvalue weighted by Crippen LogP contribution is 2.67. The van der Waals surface area contributed by atoms with E-state index in [9.17, 15) is 14.0 Å². The number of carbonyl (C=O) groups is 2. The third-order valence-electron chi connectivity index (χ3n) is 6.90. The van der Waals surface area contributed by atoms with Crippen LogP contribution in [0.2, 0.25) is 5.02 Å². The molecule has 1 heterocycles. The van der Waals surface area contributed by atoms with Crippen molar-refractivity contribution in [2.24, 2.45) is 5.41 Å². The number of anilines is 1. The summed E-state index contributed by atoms with van der Waals surface area (Å²) in [5.41, 5.74) is 1.85. The number of carbonyl (C=O) groups excluding carboxylic acids is 2. The first-order chi connectivity index (χ1) is 15.4. The monoisotopic (exact) mass is 457 g/mol. The van der Waals surface area contributed by atoms with Gasteiger partial charge in [0.05, 0.1) is 10.4 Å². The molecule has 3 N–H and O–H groups in total. The zero-order valence-electron chi connectivity index (χ0n) is 17.5. The lowest BCUT2D eigenvalue weighted by molar-refractivity contribution is -0.183. The first-order valence-electron chi connectivity index (χ1n) is 10.9. The number of nitrogens with one attached hydrogen (secondary N) is 3. The molecule has 32 heavy (non-hydrogen) atoms. The second kappa shape index (κ2) is 7.96. The van der Waals surface area contributed by atoms with Gasteiger partial charge in [0.25, 0.3) is 5.91 Å². The normalized spacial score (nSPS) is 26.8. The summed E-state index contributed by atoms with van der Waals surface area (Å²) in [7, 11) is 0. The summed E-state index contributed by atoms with van der Waals surface area (Å²) in [6, 6.07) is 12.3. The van der Waals surface area contributed by atoms with Gasteiger partial charge in [0, 0.05) is 36.3 Å². The Bertz CT molecular complexity index is 1060. The van der Waals surface area contributed by atoms with E-state index in [0.29, 0.717) is 31.7 Å². The molecule has 3 aliphatic carbocycles. The molecular formula is C24H25ClFN3O3. The number of amides is 2. The molecule has 4 aliphatic rings. The van der Waals surface area contributed by atoms with Crippen LogP contribution in [0.4, 0.5) is 10.1 Å². The van der Waals surface area contributed by atoms with Gasteiger partial charge < -0.3 is 20.7 Å². The minimum Gasteiger partial charge on any atom is -0.484 e. The van der Waals surface area contributed by atoms with Gasteiger partial charge in [-0.3, -0.25) is 9.59 Å². The molecule has 1 aliphatic heterocycles. The van der Waals surface area contributed by atoms with Gasteiger partial charge in [0.1, 0.15) is 11.6 Å². The molecule has 2 aromatic rings. The largest absolute Gasteiger partial charge is 0.484 e. The Kier molecular flexibility index (Phi) is 5.24. The fraction of sp³-hybridized carbons (Fsp3) is 0.417. The molecule has 168 valence electrons. The van der Waals surface area contributed by atoms with Crippen molar-refractivity contribution in [2.45, 2.75) is 37.1 Å². The molecule has 8 heteroatoms. The molecule has 2 aromatic carbocycles. The lowest BCUT2D eigenvalue weighted by Crippen LogP contribution is -2.78. The average Bonchev–Trinajstić information content (AvgIpc) is 3.13.